The fraction of sp³-hybridized carbons (Fsp3) is 0.111. The molecule has 5 aromatic rings. The first kappa shape index (κ1) is 20.7. The Hall–Kier alpha value is -4.16. The second-order valence-electron chi connectivity index (χ2n) is 7.85. The molecule has 3 N–H and O–H groups in total. The summed E-state index contributed by atoms with van der Waals surface area (Å²) in [5.74, 6) is 0.0979. The van der Waals surface area contributed by atoms with Gasteiger partial charge in [-0.05, 0) is 28.5 Å². The van der Waals surface area contributed by atoms with E-state index in [4.69, 9.17) is 4.74 Å². The first-order valence-corrected chi connectivity index (χ1v) is 10.7. The maximum Gasteiger partial charge on any atom is 0.255 e. The molecule has 0 bridgehead atoms. The molecule has 4 aromatic carbocycles. The van der Waals surface area contributed by atoms with Gasteiger partial charge in [-0.25, -0.2) is 0 Å². The summed E-state index contributed by atoms with van der Waals surface area (Å²) >= 11 is 0. The number of aromatic amines is 1. The summed E-state index contributed by atoms with van der Waals surface area (Å²) < 4.78 is 5.50. The normalized spacial score (nSPS) is 12.1. The van der Waals surface area contributed by atoms with Crippen LogP contribution in [0.3, 0.4) is 0 Å². The SMILES string of the molecule is COc1cc2[nH]nc(-c3ccc4ccccc4c3)c2cc1C(=O)NC(CO)c1ccccc1. The van der Waals surface area contributed by atoms with Crippen molar-refractivity contribution in [1.29, 1.82) is 0 Å². The molecule has 6 heteroatoms. The lowest BCUT2D eigenvalue weighted by molar-refractivity contribution is 0.0913. The van der Waals surface area contributed by atoms with Crippen LogP contribution in [0.2, 0.25) is 0 Å². The number of methoxy groups -OCH3 is 1. The summed E-state index contributed by atoms with van der Waals surface area (Å²) in [7, 11) is 1.53. The molecule has 0 radical (unpaired) electrons. The molecule has 0 aliphatic rings. The Morgan fingerprint density at radius 2 is 1.76 bits per heavy atom. The molecule has 0 spiro atoms. The Morgan fingerprint density at radius 1 is 1.00 bits per heavy atom. The molecule has 1 heterocycles. The monoisotopic (exact) mass is 437 g/mol. The minimum atomic E-state index is -0.525. The summed E-state index contributed by atoms with van der Waals surface area (Å²) in [6.07, 6.45) is 0. The molecule has 1 unspecified atom stereocenters. The average Bonchev–Trinajstić information content (AvgIpc) is 3.29. The van der Waals surface area contributed by atoms with Gasteiger partial charge in [0.1, 0.15) is 5.75 Å². The Labute approximate surface area is 190 Å². The smallest absolute Gasteiger partial charge is 0.255 e. The van der Waals surface area contributed by atoms with Gasteiger partial charge in [0.05, 0.1) is 36.5 Å². The van der Waals surface area contributed by atoms with E-state index in [2.05, 4.69) is 39.8 Å². The number of carbonyl (C=O) groups excluding carboxylic acids is 1. The molecule has 1 aromatic heterocycles. The van der Waals surface area contributed by atoms with Gasteiger partial charge >= 0.3 is 0 Å². The average molecular weight is 437 g/mol. The number of carbonyl (C=O) groups is 1. The van der Waals surface area contributed by atoms with Crippen molar-refractivity contribution >= 4 is 27.6 Å². The van der Waals surface area contributed by atoms with Gasteiger partial charge in [0, 0.05) is 17.0 Å². The minimum absolute atomic E-state index is 0.214. The molecule has 33 heavy (non-hydrogen) atoms. The molecular formula is C27H23N3O3. The predicted octanol–water partition coefficient (Wildman–Crippen LogP) is 4.86. The van der Waals surface area contributed by atoms with Gasteiger partial charge in [-0.15, -0.1) is 0 Å². The topological polar surface area (TPSA) is 87.2 Å². The van der Waals surface area contributed by atoms with E-state index >= 15 is 0 Å². The van der Waals surface area contributed by atoms with Crippen molar-refractivity contribution in [3.8, 4) is 17.0 Å². The number of hydrogen-bond acceptors (Lipinski definition) is 4. The fourth-order valence-corrected chi connectivity index (χ4v) is 4.10. The molecule has 0 fully saturated rings. The van der Waals surface area contributed by atoms with Gasteiger partial charge in [0.15, 0.2) is 0 Å². The third kappa shape index (κ3) is 3.92. The lowest BCUT2D eigenvalue weighted by atomic mass is 10.0. The number of benzene rings is 4. The number of aliphatic hydroxyl groups is 1. The fourth-order valence-electron chi connectivity index (χ4n) is 4.10. The lowest BCUT2D eigenvalue weighted by Gasteiger charge is -2.18. The molecule has 0 aliphatic heterocycles. The van der Waals surface area contributed by atoms with Crippen molar-refractivity contribution in [3.63, 3.8) is 0 Å². The Morgan fingerprint density at radius 3 is 2.52 bits per heavy atom. The summed E-state index contributed by atoms with van der Waals surface area (Å²) in [6.45, 7) is -0.214. The number of nitrogens with one attached hydrogen (secondary N) is 2. The number of ether oxygens (including phenoxy) is 1. The molecule has 1 atom stereocenters. The third-order valence-corrected chi connectivity index (χ3v) is 5.84. The van der Waals surface area contributed by atoms with Crippen molar-refractivity contribution in [2.24, 2.45) is 0 Å². The van der Waals surface area contributed by atoms with Crippen LogP contribution in [0.15, 0.2) is 84.9 Å². The molecular weight excluding hydrogens is 414 g/mol. The quantitative estimate of drug-likeness (QED) is 0.354. The summed E-state index contributed by atoms with van der Waals surface area (Å²) in [6, 6.07) is 26.8. The lowest BCUT2D eigenvalue weighted by Crippen LogP contribution is -2.31. The predicted molar refractivity (Wildman–Crippen MR) is 129 cm³/mol. The van der Waals surface area contributed by atoms with Crippen LogP contribution in [-0.4, -0.2) is 34.9 Å². The van der Waals surface area contributed by atoms with Crippen molar-refractivity contribution in [3.05, 3.63) is 96.1 Å². The van der Waals surface area contributed by atoms with E-state index in [9.17, 15) is 9.90 Å². The van der Waals surface area contributed by atoms with Gasteiger partial charge < -0.3 is 15.2 Å². The maximum absolute atomic E-state index is 13.2. The number of aliphatic hydroxyl groups excluding tert-OH is 1. The number of hydrogen-bond donors (Lipinski definition) is 3. The number of nitrogens with zero attached hydrogens (tertiary/aromatic N) is 1. The van der Waals surface area contributed by atoms with Crippen LogP contribution >= 0.6 is 0 Å². The van der Waals surface area contributed by atoms with E-state index in [-0.39, 0.29) is 12.5 Å². The maximum atomic E-state index is 13.2. The summed E-state index contributed by atoms with van der Waals surface area (Å²) in [4.78, 5) is 13.2. The van der Waals surface area contributed by atoms with Crippen molar-refractivity contribution in [2.75, 3.05) is 13.7 Å². The minimum Gasteiger partial charge on any atom is -0.496 e. The van der Waals surface area contributed by atoms with Crippen molar-refractivity contribution in [1.82, 2.24) is 15.5 Å². The van der Waals surface area contributed by atoms with Crippen LogP contribution in [0.1, 0.15) is 22.0 Å². The molecule has 0 aliphatic carbocycles. The standard InChI is InChI=1S/C27H23N3O3/c1-33-25-15-23-21(14-22(25)27(32)28-24(16-31)18-8-3-2-4-9-18)26(30-29-23)20-12-11-17-7-5-6-10-19(17)13-20/h2-15,24,31H,16H2,1H3,(H,28,32)(H,29,30). The molecule has 5 rings (SSSR count). The Balaban J connectivity index is 1.55. The summed E-state index contributed by atoms with van der Waals surface area (Å²) in [5.41, 5.74) is 3.69. The largest absolute Gasteiger partial charge is 0.496 e. The zero-order valence-electron chi connectivity index (χ0n) is 18.1. The van der Waals surface area contributed by atoms with Crippen LogP contribution < -0.4 is 10.1 Å². The van der Waals surface area contributed by atoms with E-state index in [1.165, 1.54) is 7.11 Å². The van der Waals surface area contributed by atoms with Crippen LogP contribution in [0.5, 0.6) is 5.75 Å². The first-order chi connectivity index (χ1) is 16.2. The van der Waals surface area contributed by atoms with Crippen LogP contribution in [0, 0.1) is 0 Å². The first-order valence-electron chi connectivity index (χ1n) is 10.7. The second kappa shape index (κ2) is 8.76. The van der Waals surface area contributed by atoms with Gasteiger partial charge in [-0.3, -0.25) is 9.89 Å². The molecule has 164 valence electrons. The molecule has 6 nitrogen and oxygen atoms in total. The molecule has 0 saturated heterocycles. The highest BCUT2D eigenvalue weighted by Crippen LogP contribution is 2.33. The van der Waals surface area contributed by atoms with Gasteiger partial charge in [0.25, 0.3) is 5.91 Å². The van der Waals surface area contributed by atoms with E-state index in [0.717, 1.165) is 38.5 Å². The van der Waals surface area contributed by atoms with Gasteiger partial charge in [0.2, 0.25) is 0 Å². The van der Waals surface area contributed by atoms with Crippen molar-refractivity contribution < 1.29 is 14.6 Å². The zero-order valence-corrected chi connectivity index (χ0v) is 18.1. The number of aromatic nitrogens is 2. The van der Waals surface area contributed by atoms with Gasteiger partial charge in [-0.1, -0.05) is 66.7 Å². The van der Waals surface area contributed by atoms with Crippen LogP contribution in [0.25, 0.3) is 32.9 Å². The highest BCUT2D eigenvalue weighted by Gasteiger charge is 2.21. The van der Waals surface area contributed by atoms with Crippen LogP contribution in [0.4, 0.5) is 0 Å². The van der Waals surface area contributed by atoms with Gasteiger partial charge in [-0.2, -0.15) is 5.10 Å². The summed E-state index contributed by atoms with van der Waals surface area (Å²) in [5, 5.41) is 23.4. The highest BCUT2D eigenvalue weighted by atomic mass is 16.5. The number of rotatable bonds is 6. The molecule has 0 saturated carbocycles. The highest BCUT2D eigenvalue weighted by molar-refractivity contribution is 6.04. The Kier molecular flexibility index (Phi) is 5.50. The number of H-pyrrole nitrogens is 1. The van der Waals surface area contributed by atoms with E-state index in [1.807, 2.05) is 48.5 Å². The van der Waals surface area contributed by atoms with E-state index in [0.29, 0.717) is 11.3 Å². The second-order valence-corrected chi connectivity index (χ2v) is 7.85. The number of amides is 1. The third-order valence-electron chi connectivity index (χ3n) is 5.84. The number of fused-ring (bicyclic) bond motifs is 2. The Bertz CT molecular complexity index is 1440. The zero-order chi connectivity index (χ0) is 22.8. The van der Waals surface area contributed by atoms with E-state index in [1.54, 1.807) is 12.1 Å². The van der Waals surface area contributed by atoms with Crippen molar-refractivity contribution in [2.45, 2.75) is 6.04 Å². The van der Waals surface area contributed by atoms with E-state index < -0.39 is 6.04 Å². The molecule has 1 amide bonds. The van der Waals surface area contributed by atoms with Crippen LogP contribution in [-0.2, 0) is 0 Å².